The lowest BCUT2D eigenvalue weighted by Crippen LogP contribution is -2.44. The largest absolute Gasteiger partial charge is 0.497 e. The molecule has 4 rings (SSSR count). The van der Waals surface area contributed by atoms with E-state index in [9.17, 15) is 8.42 Å². The van der Waals surface area contributed by atoms with Crippen LogP contribution in [-0.4, -0.2) is 21.1 Å². The van der Waals surface area contributed by atoms with E-state index >= 15 is 0 Å². The fraction of sp³-hybridized carbons (Fsp3) is 0.333. The van der Waals surface area contributed by atoms with Crippen molar-refractivity contribution < 1.29 is 17.9 Å². The lowest BCUT2D eigenvalue weighted by Gasteiger charge is -2.41. The van der Waals surface area contributed by atoms with E-state index in [0.717, 1.165) is 40.7 Å². The average molecular weight is 426 g/mol. The van der Waals surface area contributed by atoms with Crippen LogP contribution in [0.3, 0.4) is 0 Å². The van der Waals surface area contributed by atoms with Crippen molar-refractivity contribution in [3.05, 3.63) is 66.2 Å². The molecule has 0 aliphatic carbocycles. The van der Waals surface area contributed by atoms with Crippen molar-refractivity contribution in [2.45, 2.75) is 49.6 Å². The summed E-state index contributed by atoms with van der Waals surface area (Å²) in [6.45, 7) is 4.17. The van der Waals surface area contributed by atoms with Crippen molar-refractivity contribution in [2.75, 3.05) is 7.11 Å². The minimum atomic E-state index is -3.71. The van der Waals surface area contributed by atoms with Crippen molar-refractivity contribution in [1.82, 2.24) is 4.72 Å². The zero-order valence-electron chi connectivity index (χ0n) is 17.5. The lowest BCUT2D eigenvalue weighted by atomic mass is 9.84. The molecular weight excluding hydrogens is 398 g/mol. The smallest absolute Gasteiger partial charge is 0.241 e. The number of hydrogen-bond donors (Lipinski definition) is 1. The molecule has 0 spiro atoms. The Labute approximate surface area is 178 Å². The summed E-state index contributed by atoms with van der Waals surface area (Å²) >= 11 is 0. The van der Waals surface area contributed by atoms with E-state index in [-0.39, 0.29) is 16.5 Å². The molecular formula is C24H27NO4S. The summed E-state index contributed by atoms with van der Waals surface area (Å²) < 4.78 is 41.1. The molecule has 0 saturated carbocycles. The van der Waals surface area contributed by atoms with Gasteiger partial charge in [-0.1, -0.05) is 44.2 Å². The van der Waals surface area contributed by atoms with Crippen molar-refractivity contribution in [3.8, 4) is 11.5 Å². The monoisotopic (exact) mass is 425 g/mol. The van der Waals surface area contributed by atoms with E-state index in [1.54, 1.807) is 19.2 Å². The molecule has 1 unspecified atom stereocenters. The van der Waals surface area contributed by atoms with Crippen LogP contribution in [0.5, 0.6) is 11.5 Å². The second-order valence-electron chi connectivity index (χ2n) is 7.78. The standard InChI is InChI=1S/C24H27NO4S/c1-4-24(5-2)16-22(21-8-6-7-9-23(21)29-24)25-30(26,27)20-13-11-17-14-19(28-3)12-10-18(17)15-20/h6-15,22,25H,4-5,16H2,1-3H3. The fourth-order valence-electron chi connectivity index (χ4n) is 4.16. The first-order chi connectivity index (χ1) is 14.4. The minimum Gasteiger partial charge on any atom is -0.497 e. The molecule has 5 nitrogen and oxygen atoms in total. The number of methoxy groups -OCH3 is 1. The maximum Gasteiger partial charge on any atom is 0.241 e. The van der Waals surface area contributed by atoms with E-state index < -0.39 is 10.0 Å². The van der Waals surface area contributed by atoms with Crippen LogP contribution in [0.4, 0.5) is 0 Å². The second kappa shape index (κ2) is 7.93. The van der Waals surface area contributed by atoms with E-state index in [1.165, 1.54) is 0 Å². The molecule has 3 aromatic carbocycles. The SMILES string of the molecule is CCC1(CC)CC(NS(=O)(=O)c2ccc3cc(OC)ccc3c2)c2ccccc2O1. The zero-order chi connectivity index (χ0) is 21.4. The number of benzene rings is 3. The number of sulfonamides is 1. The first-order valence-electron chi connectivity index (χ1n) is 10.3. The second-order valence-corrected chi connectivity index (χ2v) is 9.50. The fourth-order valence-corrected chi connectivity index (χ4v) is 5.41. The third-order valence-corrected chi connectivity index (χ3v) is 7.58. The lowest BCUT2D eigenvalue weighted by molar-refractivity contribution is 0.0260. The van der Waals surface area contributed by atoms with Gasteiger partial charge in [-0.05, 0) is 53.9 Å². The molecule has 158 valence electrons. The molecule has 0 saturated heterocycles. The summed E-state index contributed by atoms with van der Waals surface area (Å²) in [6.07, 6.45) is 2.22. The van der Waals surface area contributed by atoms with Gasteiger partial charge in [-0.2, -0.15) is 0 Å². The molecule has 30 heavy (non-hydrogen) atoms. The molecule has 1 heterocycles. The molecule has 3 aromatic rings. The Morgan fingerprint density at radius 3 is 2.47 bits per heavy atom. The Morgan fingerprint density at radius 2 is 1.73 bits per heavy atom. The molecule has 1 aliphatic heterocycles. The van der Waals surface area contributed by atoms with Gasteiger partial charge in [0.15, 0.2) is 0 Å². The summed E-state index contributed by atoms with van der Waals surface area (Å²) in [6, 6.07) is 18.1. The minimum absolute atomic E-state index is 0.253. The van der Waals surface area contributed by atoms with Crippen LogP contribution in [0.2, 0.25) is 0 Å². The Kier molecular flexibility index (Phi) is 5.47. The van der Waals surface area contributed by atoms with Gasteiger partial charge in [0.1, 0.15) is 17.1 Å². The average Bonchev–Trinajstić information content (AvgIpc) is 2.77. The number of nitrogens with one attached hydrogen (secondary N) is 1. The Bertz CT molecular complexity index is 1170. The third-order valence-electron chi connectivity index (χ3n) is 6.11. The van der Waals surface area contributed by atoms with Crippen molar-refractivity contribution in [3.63, 3.8) is 0 Å². The van der Waals surface area contributed by atoms with Crippen LogP contribution in [0.15, 0.2) is 65.6 Å². The molecule has 1 N–H and O–H groups in total. The summed E-state index contributed by atoms with van der Waals surface area (Å²) in [4.78, 5) is 0.253. The Morgan fingerprint density at radius 1 is 1.03 bits per heavy atom. The summed E-state index contributed by atoms with van der Waals surface area (Å²) in [5.74, 6) is 1.50. The Balaban J connectivity index is 1.69. The molecule has 1 atom stereocenters. The van der Waals surface area contributed by atoms with Gasteiger partial charge in [-0.15, -0.1) is 0 Å². The first-order valence-corrected chi connectivity index (χ1v) is 11.8. The van der Waals surface area contributed by atoms with Gasteiger partial charge in [0.2, 0.25) is 10.0 Å². The van der Waals surface area contributed by atoms with Crippen molar-refractivity contribution >= 4 is 20.8 Å². The van der Waals surface area contributed by atoms with Crippen molar-refractivity contribution in [2.24, 2.45) is 0 Å². The highest BCUT2D eigenvalue weighted by Crippen LogP contribution is 2.43. The Hall–Kier alpha value is -2.57. The van der Waals surface area contributed by atoms with Crippen LogP contribution < -0.4 is 14.2 Å². The molecule has 0 amide bonds. The van der Waals surface area contributed by atoms with Gasteiger partial charge in [-0.3, -0.25) is 0 Å². The van der Waals surface area contributed by atoms with Gasteiger partial charge in [-0.25, -0.2) is 13.1 Å². The van der Waals surface area contributed by atoms with Crippen LogP contribution in [0.25, 0.3) is 10.8 Å². The highest BCUT2D eigenvalue weighted by atomic mass is 32.2. The first kappa shape index (κ1) is 20.7. The normalized spacial score (nSPS) is 17.9. The van der Waals surface area contributed by atoms with Crippen LogP contribution in [0.1, 0.15) is 44.7 Å². The van der Waals surface area contributed by atoms with E-state index in [1.807, 2.05) is 48.5 Å². The van der Waals surface area contributed by atoms with Gasteiger partial charge in [0.05, 0.1) is 18.0 Å². The maximum atomic E-state index is 13.3. The molecule has 0 fully saturated rings. The molecule has 1 aliphatic rings. The quantitative estimate of drug-likeness (QED) is 0.589. The van der Waals surface area contributed by atoms with Gasteiger partial charge in [0, 0.05) is 12.0 Å². The number of para-hydroxylation sites is 1. The maximum absolute atomic E-state index is 13.3. The van der Waals surface area contributed by atoms with Gasteiger partial charge < -0.3 is 9.47 Å². The molecule has 0 radical (unpaired) electrons. The van der Waals surface area contributed by atoms with Gasteiger partial charge >= 0.3 is 0 Å². The summed E-state index contributed by atoms with van der Waals surface area (Å²) in [5.41, 5.74) is 0.505. The third kappa shape index (κ3) is 3.77. The molecule has 6 heteroatoms. The van der Waals surface area contributed by atoms with Crippen LogP contribution in [-0.2, 0) is 10.0 Å². The number of fused-ring (bicyclic) bond motifs is 2. The predicted molar refractivity (Wildman–Crippen MR) is 119 cm³/mol. The van der Waals surface area contributed by atoms with Crippen LogP contribution in [0, 0.1) is 0 Å². The highest BCUT2D eigenvalue weighted by molar-refractivity contribution is 7.89. The molecule has 0 bridgehead atoms. The van der Waals surface area contributed by atoms with Crippen molar-refractivity contribution in [1.29, 1.82) is 0 Å². The van der Waals surface area contributed by atoms with E-state index in [0.29, 0.717) is 6.42 Å². The number of rotatable bonds is 6. The predicted octanol–water partition coefficient (Wildman–Crippen LogP) is 5.21. The zero-order valence-corrected chi connectivity index (χ0v) is 18.3. The highest BCUT2D eigenvalue weighted by Gasteiger charge is 2.40. The van der Waals surface area contributed by atoms with E-state index in [2.05, 4.69) is 18.6 Å². The van der Waals surface area contributed by atoms with Crippen LogP contribution >= 0.6 is 0 Å². The van der Waals surface area contributed by atoms with Gasteiger partial charge in [0.25, 0.3) is 0 Å². The summed E-state index contributed by atoms with van der Waals surface area (Å²) in [7, 11) is -2.10. The topological polar surface area (TPSA) is 64.6 Å². The summed E-state index contributed by atoms with van der Waals surface area (Å²) in [5, 5.41) is 1.78. The molecule has 0 aromatic heterocycles. The van der Waals surface area contributed by atoms with E-state index in [4.69, 9.17) is 9.47 Å². The number of ether oxygens (including phenoxy) is 2. The number of hydrogen-bond acceptors (Lipinski definition) is 4.